The van der Waals surface area contributed by atoms with E-state index in [1.807, 2.05) is 173 Å². The van der Waals surface area contributed by atoms with E-state index in [0.29, 0.717) is 57.8 Å². The van der Waals surface area contributed by atoms with Gasteiger partial charge in [0.2, 0.25) is 46.3 Å². The van der Waals surface area contributed by atoms with Crippen LogP contribution in [-0.4, -0.2) is 143 Å². The predicted molar refractivity (Wildman–Crippen MR) is 555 cm³/mol. The molecule has 9 saturated carbocycles. The van der Waals surface area contributed by atoms with Gasteiger partial charge in [-0.3, -0.25) is 61.2 Å². The molecule has 0 aliphatic heterocycles. The molecule has 0 N–H and O–H groups in total. The van der Waals surface area contributed by atoms with Crippen molar-refractivity contribution < 1.29 is 163 Å². The first-order valence-electron chi connectivity index (χ1n) is 56.3. The molecule has 860 valence electrons. The van der Waals surface area contributed by atoms with Crippen molar-refractivity contribution in [2.45, 2.75) is 498 Å². The van der Waals surface area contributed by atoms with E-state index in [-0.39, 0.29) is 116 Å². The Bertz CT molecular complexity index is 4440. The van der Waals surface area contributed by atoms with Gasteiger partial charge in [-0.2, -0.15) is 0 Å². The maximum atomic E-state index is 19.9. The molecule has 0 aromatic carbocycles. The summed E-state index contributed by atoms with van der Waals surface area (Å²) in [4.78, 5) is 136. The zero-order valence-corrected chi connectivity index (χ0v) is 100.0. The van der Waals surface area contributed by atoms with Crippen molar-refractivity contribution >= 4 is 85.0 Å². The Morgan fingerprint density at radius 1 is 0.235 bits per heavy atom. The topological polar surface area (TPSA) is 425 Å². The predicted octanol–water partition coefficient (Wildman–Crippen LogP) is 26.8. The van der Waals surface area contributed by atoms with E-state index in [2.05, 4.69) is 0 Å². The number of hydrogen-bond acceptors (Lipinski definition) is 35. The van der Waals surface area contributed by atoms with E-state index in [1.165, 1.54) is 0 Å². The van der Waals surface area contributed by atoms with Gasteiger partial charge in [-0.05, 0) is 210 Å². The van der Waals surface area contributed by atoms with Crippen LogP contribution in [0.5, 0.6) is 0 Å². The van der Waals surface area contributed by atoms with E-state index in [9.17, 15) is 38.4 Å². The van der Waals surface area contributed by atoms with Crippen LogP contribution >= 0.6 is 31.3 Å². The molecule has 0 radical (unpaired) electrons. The molecular weight excluding hydrogens is 2010 g/mol. The summed E-state index contributed by atoms with van der Waals surface area (Å²) in [5.41, 5.74) is 0. The lowest BCUT2D eigenvalue weighted by molar-refractivity contribution is -0.296. The largest absolute Gasteiger partial charge is 0.482 e. The fourth-order valence-corrected chi connectivity index (χ4v) is 34.7. The second-order valence-electron chi connectivity index (χ2n) is 49.3. The Balaban J connectivity index is 1.70. The number of unbranched alkanes of at least 4 members (excludes halogenated alkanes) is 1. The number of ether oxygens (including phenoxy) is 10. The van der Waals surface area contributed by atoms with Crippen LogP contribution in [0.4, 0.5) is 0 Å². The highest BCUT2D eigenvalue weighted by atomic mass is 31.2. The van der Waals surface area contributed by atoms with Crippen LogP contribution in [0.25, 0.3) is 0 Å². The summed E-state index contributed by atoms with van der Waals surface area (Å²) in [6.07, 6.45) is -14.0. The van der Waals surface area contributed by atoms with E-state index < -0.39 is 323 Å². The van der Waals surface area contributed by atoms with Crippen molar-refractivity contribution in [1.82, 2.24) is 0 Å². The van der Waals surface area contributed by atoms with E-state index in [4.69, 9.17) is 102 Å². The van der Waals surface area contributed by atoms with Gasteiger partial charge in [-0.1, -0.05) is 186 Å². The van der Waals surface area contributed by atoms with Crippen LogP contribution in [0.3, 0.4) is 0 Å². The molecule has 0 spiro atoms. The molecule has 0 aromatic rings. The molecule has 9 aliphatic carbocycles. The Morgan fingerprint density at radius 3 is 0.530 bits per heavy atom. The zero-order chi connectivity index (χ0) is 112. The third kappa shape index (κ3) is 32.1. The Morgan fingerprint density at radius 2 is 0.389 bits per heavy atom. The molecule has 0 aromatic heterocycles. The molecule has 30 atom stereocenters. The maximum Gasteiger partial charge on any atom is 0.482 e. The van der Waals surface area contributed by atoms with Gasteiger partial charge in [0.05, 0.1) is 0 Å². The zero-order valence-electron chi connectivity index (χ0n) is 96.4. The van der Waals surface area contributed by atoms with Gasteiger partial charge in [0.1, 0.15) is 30.5 Å². The highest BCUT2D eigenvalue weighted by Gasteiger charge is 2.73. The minimum absolute atomic E-state index is 0.00254. The van der Waals surface area contributed by atoms with Crippen molar-refractivity contribution in [3.05, 3.63) is 0 Å². The van der Waals surface area contributed by atoms with Gasteiger partial charge in [0, 0.05) is 167 Å². The number of carbonyl (C=O) groups excluding carboxylic acids is 9. The second kappa shape index (κ2) is 52.6. The third-order valence-electron chi connectivity index (χ3n) is 32.9. The van der Waals surface area contributed by atoms with Crippen molar-refractivity contribution in [2.24, 2.45) is 142 Å². The average Bonchev–Trinajstić information content (AvgIpc) is 0.715. The first kappa shape index (κ1) is 128. The fraction of sp³-hybridized carbons (Fsp3) is 0.918. The second-order valence-corrected chi connectivity index (χ2v) is 55.2. The van der Waals surface area contributed by atoms with Gasteiger partial charge < -0.3 is 47.4 Å². The monoisotopic (exact) mass is 2200 g/mol. The Labute approximate surface area is 890 Å². The smallest absolute Gasteiger partial charge is 0.457 e. The summed E-state index contributed by atoms with van der Waals surface area (Å²) >= 11 is 0. The molecular formula is C110H190O35P4. The average molecular weight is 2200 g/mol. The first-order chi connectivity index (χ1) is 69.1. The summed E-state index contributed by atoms with van der Waals surface area (Å²) in [6, 6.07) is 0. The normalized spacial score (nSPS) is 38.0. The van der Waals surface area contributed by atoms with Crippen LogP contribution in [-0.2, 0) is 163 Å². The van der Waals surface area contributed by atoms with Crippen molar-refractivity contribution in [1.29, 1.82) is 0 Å². The van der Waals surface area contributed by atoms with Crippen LogP contribution in [0.1, 0.15) is 415 Å². The van der Waals surface area contributed by atoms with Gasteiger partial charge in [-0.25, -0.2) is 54.5 Å². The lowest BCUT2D eigenvalue weighted by atomic mass is 9.73. The number of esters is 9. The van der Waals surface area contributed by atoms with Crippen LogP contribution < -0.4 is 0 Å². The number of phosphoric acid groups is 4. The quantitative estimate of drug-likeness (QED) is 0.0179. The van der Waals surface area contributed by atoms with Crippen LogP contribution in [0.2, 0.25) is 0 Å². The van der Waals surface area contributed by atoms with Crippen LogP contribution in [0.15, 0.2) is 0 Å². The van der Waals surface area contributed by atoms with Gasteiger partial charge >= 0.3 is 85.0 Å². The van der Waals surface area contributed by atoms with E-state index in [1.54, 1.807) is 6.92 Å². The van der Waals surface area contributed by atoms with Gasteiger partial charge in [-0.15, -0.1) is 0 Å². The summed E-state index contributed by atoms with van der Waals surface area (Å²) in [5, 5.41) is 0. The maximum absolute atomic E-state index is 19.9. The van der Waals surface area contributed by atoms with E-state index >= 15 is 23.1 Å². The molecule has 0 amide bonds. The third-order valence-corrected chi connectivity index (χ3v) is 39.2. The van der Waals surface area contributed by atoms with Crippen molar-refractivity contribution in [2.75, 3.05) is 6.61 Å². The Hall–Kier alpha value is -4.37. The molecule has 24 unspecified atom stereocenters. The summed E-state index contributed by atoms with van der Waals surface area (Å²) in [7, 11) is -26.3. The fourth-order valence-electron chi connectivity index (χ4n) is 27.0. The van der Waals surface area contributed by atoms with Gasteiger partial charge in [0.15, 0.2) is 6.10 Å². The molecule has 39 heteroatoms. The standard InChI is InChI=1S/C110H190O35P4/c1-35-37-55-124-97-98(125-96(119)38-36-2)100(135-147(121,140-105(128-82(29)113)58-74(21)41-49-90(105)66(7)8)141-106(129-83(30)114)59-75(22)42-50-91(106)67(9)10)102(137-149(123,144-109(132-86(33)117)62-78(25)45-53-94(109)70(15)16)145-110(133-87(34)118)63-79(26)46-54-95(110)71(17)18)101(136-148(122,142-107(130-84(31)115)60-76(23)43-51-92(107)68(11)12)143-108(131-85(32)116)61-77(24)44-52-93(108)69(13)14)99(97)134-146(120,138-103(126-80(27)111)56-72(19)39-47-88(103)64(3)4)139-104(127-81(28)112)57-73(20)40-48-89(104)65(5)6/h64-79,88-95,97-102H,35-63H2,1-34H3/t72?,73?,74?,75?,76?,77?,78?,79?,88?,89?,90?,91?,92?,93?,94?,95?,97-,98+,99-,100-,101+,102+,103?,104?,105?,106?,107?,108?,109?,110?,146?,147?,148?,149?/m1/s1. The minimum Gasteiger partial charge on any atom is -0.457 e. The number of rotatable bonds is 47. The summed E-state index contributed by atoms with van der Waals surface area (Å²) in [5.74, 6) is -44.8. The SMILES string of the molecule is CCCCO[C@@H]1[C@H](OC(=O)CCC)[C@@H](OP(=O)(OC2(OC(C)=O)CC(C)CCC2C(C)C)OC2(OC(C)=O)CC(C)CCC2C(C)C)[C@H](OP(=O)(OC2(OC(C)=O)CC(C)CCC2C(C)C)OC2(OC(C)=O)CC(C)CCC2C(C)C)[C@@H](OP(=O)(OC2(OC(C)=O)CC(C)CCC2C(C)C)OC2(OC(C)=O)CC(C)CCC2C(C)C)[C@@H]1OP(=O)(OC1(OC(C)=O)CC(C)CCC1C(C)C)OC1(OC(C)=O)CC(C)CCC1C(C)C. The molecule has 0 bridgehead atoms. The first-order valence-corrected chi connectivity index (χ1v) is 62.1. The number of carbonyl (C=O) groups is 9. The van der Waals surface area contributed by atoms with E-state index in [0.717, 1.165) is 55.4 Å². The lowest BCUT2D eigenvalue weighted by Gasteiger charge is -2.54. The number of hydrogen-bond donors (Lipinski definition) is 0. The molecule has 9 fully saturated rings. The highest BCUT2D eigenvalue weighted by molar-refractivity contribution is 7.49. The van der Waals surface area contributed by atoms with Crippen LogP contribution in [0, 0.1) is 142 Å². The summed E-state index contributed by atoms with van der Waals surface area (Å²) in [6.45, 7) is 56.4. The van der Waals surface area contributed by atoms with Crippen molar-refractivity contribution in [3.63, 3.8) is 0 Å². The van der Waals surface area contributed by atoms with Crippen molar-refractivity contribution in [3.8, 4) is 0 Å². The molecule has 0 saturated heterocycles. The lowest BCUT2D eigenvalue weighted by Crippen LogP contribution is -2.68. The van der Waals surface area contributed by atoms with Gasteiger partial charge in [0.25, 0.3) is 0 Å². The number of phosphoric ester groups is 4. The molecule has 9 rings (SSSR count). The molecule has 0 heterocycles. The Kier molecular flexibility index (Phi) is 45.2. The molecule has 9 aliphatic rings. The summed E-state index contributed by atoms with van der Waals surface area (Å²) < 4.78 is 241. The molecule has 149 heavy (non-hydrogen) atoms. The highest BCUT2D eigenvalue weighted by Crippen LogP contribution is 2.74. The molecule has 35 nitrogen and oxygen atoms in total. The minimum atomic E-state index is -6.65.